The van der Waals surface area contributed by atoms with Gasteiger partial charge in [-0.2, -0.15) is 0 Å². The van der Waals surface area contributed by atoms with Gasteiger partial charge in [-0.15, -0.1) is 0 Å². The first kappa shape index (κ1) is 16.8. The monoisotopic (exact) mass is 347 g/mol. The van der Waals surface area contributed by atoms with Gasteiger partial charge in [0, 0.05) is 16.6 Å². The summed E-state index contributed by atoms with van der Waals surface area (Å²) < 4.78 is 6.44. The molecule has 0 radical (unpaired) electrons. The molecule has 0 heterocycles. The third kappa shape index (κ3) is 4.97. The topological polar surface area (TPSA) is 21.3 Å². The van der Waals surface area contributed by atoms with E-state index in [9.17, 15) is 0 Å². The van der Waals surface area contributed by atoms with Crippen LogP contribution in [0.5, 0.6) is 5.75 Å². The van der Waals surface area contributed by atoms with E-state index in [-0.39, 0.29) is 0 Å². The van der Waals surface area contributed by atoms with Crippen molar-refractivity contribution in [2.24, 2.45) is 0 Å². The van der Waals surface area contributed by atoms with E-state index in [4.69, 9.17) is 16.3 Å². The van der Waals surface area contributed by atoms with E-state index in [1.807, 2.05) is 12.1 Å². The second kappa shape index (κ2) is 8.83. The first-order valence-corrected chi connectivity index (χ1v) is 8.07. The van der Waals surface area contributed by atoms with Crippen LogP contribution in [-0.2, 0) is 0 Å². The average molecular weight is 349 g/mol. The Balaban J connectivity index is 3.04. The summed E-state index contributed by atoms with van der Waals surface area (Å²) in [6.45, 7) is 5.39. The third-order valence-corrected chi connectivity index (χ3v) is 3.91. The van der Waals surface area contributed by atoms with Crippen LogP contribution in [0.25, 0.3) is 0 Å². The summed E-state index contributed by atoms with van der Waals surface area (Å²) in [4.78, 5) is 0. The minimum Gasteiger partial charge on any atom is -0.495 e. The SMILES string of the molecule is CCCCC(NCCC)c1cc(Cl)cc(Br)c1OC. The fraction of sp³-hybridized carbons (Fsp3) is 0.600. The summed E-state index contributed by atoms with van der Waals surface area (Å²) >= 11 is 9.70. The quantitative estimate of drug-likeness (QED) is 0.684. The Hall–Kier alpha value is -0.250. The van der Waals surface area contributed by atoms with Crippen LogP contribution in [0.4, 0.5) is 0 Å². The van der Waals surface area contributed by atoms with Crippen molar-refractivity contribution in [3.05, 3.63) is 27.2 Å². The van der Waals surface area contributed by atoms with Crippen LogP contribution in [0.15, 0.2) is 16.6 Å². The van der Waals surface area contributed by atoms with Crippen molar-refractivity contribution < 1.29 is 4.74 Å². The lowest BCUT2D eigenvalue weighted by Gasteiger charge is -2.22. The third-order valence-electron chi connectivity index (χ3n) is 3.10. The lowest BCUT2D eigenvalue weighted by molar-refractivity contribution is 0.390. The summed E-state index contributed by atoms with van der Waals surface area (Å²) in [6, 6.07) is 4.18. The standard InChI is InChI=1S/C15H23BrClNO/c1-4-6-7-14(18-8-5-2)12-9-11(17)10-13(16)15(12)19-3/h9-10,14,18H,4-8H2,1-3H3. The number of ether oxygens (including phenoxy) is 1. The van der Waals surface area contributed by atoms with E-state index >= 15 is 0 Å². The molecule has 0 spiro atoms. The average Bonchev–Trinajstić information content (AvgIpc) is 2.38. The predicted molar refractivity (Wildman–Crippen MR) is 86.3 cm³/mol. The van der Waals surface area contributed by atoms with Crippen molar-refractivity contribution in [2.75, 3.05) is 13.7 Å². The summed E-state index contributed by atoms with van der Waals surface area (Å²) in [5.41, 5.74) is 1.14. The van der Waals surface area contributed by atoms with Crippen LogP contribution in [0.3, 0.4) is 0 Å². The molecule has 2 nitrogen and oxygen atoms in total. The molecule has 1 aromatic rings. The number of hydrogen-bond donors (Lipinski definition) is 1. The summed E-state index contributed by atoms with van der Waals surface area (Å²) in [5, 5.41) is 4.33. The number of benzene rings is 1. The first-order chi connectivity index (χ1) is 9.13. The highest BCUT2D eigenvalue weighted by molar-refractivity contribution is 9.10. The molecule has 108 valence electrons. The molecule has 0 aliphatic carbocycles. The summed E-state index contributed by atoms with van der Waals surface area (Å²) in [5.74, 6) is 0.883. The molecular formula is C15H23BrClNO. The van der Waals surface area contributed by atoms with Gasteiger partial charge in [-0.3, -0.25) is 0 Å². The number of nitrogens with one attached hydrogen (secondary N) is 1. The molecule has 19 heavy (non-hydrogen) atoms. The second-order valence-corrected chi connectivity index (χ2v) is 5.95. The van der Waals surface area contributed by atoms with Crippen molar-refractivity contribution in [2.45, 2.75) is 45.6 Å². The molecule has 1 N–H and O–H groups in total. The van der Waals surface area contributed by atoms with Gasteiger partial charge in [-0.1, -0.05) is 38.3 Å². The molecule has 1 unspecified atom stereocenters. The molecule has 0 saturated heterocycles. The number of hydrogen-bond acceptors (Lipinski definition) is 2. The van der Waals surface area contributed by atoms with Crippen molar-refractivity contribution in [1.82, 2.24) is 5.32 Å². The lowest BCUT2D eigenvalue weighted by Crippen LogP contribution is -2.22. The fourth-order valence-electron chi connectivity index (χ4n) is 2.15. The Bertz CT molecular complexity index is 390. The van der Waals surface area contributed by atoms with Crippen molar-refractivity contribution in [1.29, 1.82) is 0 Å². The maximum atomic E-state index is 6.18. The van der Waals surface area contributed by atoms with Crippen LogP contribution in [-0.4, -0.2) is 13.7 Å². The van der Waals surface area contributed by atoms with Gasteiger partial charge < -0.3 is 10.1 Å². The molecule has 0 saturated carbocycles. The van der Waals surface area contributed by atoms with Crippen LogP contribution < -0.4 is 10.1 Å². The van der Waals surface area contributed by atoms with Crippen molar-refractivity contribution in [3.8, 4) is 5.75 Å². The molecule has 0 fully saturated rings. The highest BCUT2D eigenvalue weighted by Gasteiger charge is 2.18. The molecule has 1 rings (SSSR count). The normalized spacial score (nSPS) is 12.5. The second-order valence-electron chi connectivity index (χ2n) is 4.66. The Kier molecular flexibility index (Phi) is 7.81. The Labute approximate surface area is 130 Å². The maximum absolute atomic E-state index is 6.18. The van der Waals surface area contributed by atoms with Gasteiger partial charge in [0.05, 0.1) is 11.6 Å². The predicted octanol–water partition coefficient (Wildman–Crippen LogP) is 5.34. The maximum Gasteiger partial charge on any atom is 0.137 e. The number of halogens is 2. The van der Waals surface area contributed by atoms with E-state index in [1.165, 1.54) is 12.8 Å². The minimum absolute atomic E-state index is 0.296. The smallest absolute Gasteiger partial charge is 0.137 e. The van der Waals surface area contributed by atoms with Gasteiger partial charge in [0.15, 0.2) is 0 Å². The van der Waals surface area contributed by atoms with Gasteiger partial charge in [-0.25, -0.2) is 0 Å². The van der Waals surface area contributed by atoms with Gasteiger partial charge in [0.25, 0.3) is 0 Å². The Morgan fingerprint density at radius 2 is 2.05 bits per heavy atom. The van der Waals surface area contributed by atoms with Crippen molar-refractivity contribution >= 4 is 27.5 Å². The fourth-order valence-corrected chi connectivity index (χ4v) is 3.14. The largest absolute Gasteiger partial charge is 0.495 e. The van der Waals surface area contributed by atoms with E-state index in [1.54, 1.807) is 7.11 Å². The zero-order valence-corrected chi connectivity index (χ0v) is 14.3. The van der Waals surface area contributed by atoms with E-state index in [0.717, 1.165) is 40.2 Å². The number of methoxy groups -OCH3 is 1. The van der Waals surface area contributed by atoms with Gasteiger partial charge in [0.1, 0.15) is 5.75 Å². The zero-order valence-electron chi connectivity index (χ0n) is 11.9. The highest BCUT2D eigenvalue weighted by atomic mass is 79.9. The molecule has 0 aliphatic rings. The lowest BCUT2D eigenvalue weighted by atomic mass is 10.00. The van der Waals surface area contributed by atoms with Gasteiger partial charge >= 0.3 is 0 Å². The Morgan fingerprint density at radius 3 is 2.63 bits per heavy atom. The van der Waals surface area contributed by atoms with Gasteiger partial charge in [0.2, 0.25) is 0 Å². The molecule has 1 atom stereocenters. The van der Waals surface area contributed by atoms with E-state index < -0.39 is 0 Å². The van der Waals surface area contributed by atoms with Gasteiger partial charge in [-0.05, 0) is 47.4 Å². The molecule has 0 amide bonds. The summed E-state index contributed by atoms with van der Waals surface area (Å²) in [7, 11) is 1.70. The van der Waals surface area contributed by atoms with Crippen LogP contribution in [0.1, 0.15) is 51.1 Å². The zero-order chi connectivity index (χ0) is 14.3. The number of unbranched alkanes of at least 4 members (excludes halogenated alkanes) is 1. The Morgan fingerprint density at radius 1 is 1.32 bits per heavy atom. The van der Waals surface area contributed by atoms with E-state index in [2.05, 4.69) is 35.1 Å². The highest BCUT2D eigenvalue weighted by Crippen LogP contribution is 2.37. The molecule has 4 heteroatoms. The molecule has 0 aliphatic heterocycles. The number of rotatable bonds is 8. The van der Waals surface area contributed by atoms with Crippen LogP contribution >= 0.6 is 27.5 Å². The molecule has 0 aromatic heterocycles. The molecule has 0 bridgehead atoms. The minimum atomic E-state index is 0.296. The molecule has 1 aromatic carbocycles. The van der Waals surface area contributed by atoms with Crippen LogP contribution in [0.2, 0.25) is 5.02 Å². The first-order valence-electron chi connectivity index (χ1n) is 6.90. The summed E-state index contributed by atoms with van der Waals surface area (Å²) in [6.07, 6.45) is 4.59. The van der Waals surface area contributed by atoms with Crippen LogP contribution in [0, 0.1) is 0 Å². The molecular weight excluding hydrogens is 326 g/mol. The van der Waals surface area contributed by atoms with Crippen molar-refractivity contribution in [3.63, 3.8) is 0 Å². The van der Waals surface area contributed by atoms with E-state index in [0.29, 0.717) is 6.04 Å².